The molecule has 0 aromatic heterocycles. The van der Waals surface area contributed by atoms with Gasteiger partial charge >= 0.3 is 6.18 Å². The first kappa shape index (κ1) is 15.3. The minimum absolute atomic E-state index is 0.0106. The van der Waals surface area contributed by atoms with Crippen LogP contribution >= 0.6 is 15.9 Å². The lowest BCUT2D eigenvalue weighted by Gasteiger charge is -2.17. The number of carbonyl (C=O) groups is 1. The Balaban J connectivity index is 2.23. The van der Waals surface area contributed by atoms with Crippen LogP contribution in [-0.4, -0.2) is 35.6 Å². The van der Waals surface area contributed by atoms with Crippen LogP contribution in [0.25, 0.3) is 0 Å². The van der Waals surface area contributed by atoms with E-state index in [0.717, 1.165) is 6.07 Å². The first-order chi connectivity index (χ1) is 9.32. The van der Waals surface area contributed by atoms with Gasteiger partial charge in [-0.25, -0.2) is 0 Å². The minimum Gasteiger partial charge on any atom is -0.396 e. The Bertz CT molecular complexity index is 519. The molecule has 1 aromatic rings. The number of aliphatic hydroxyl groups is 1. The number of hydrogen-bond donors (Lipinski definition) is 1. The van der Waals surface area contributed by atoms with Crippen LogP contribution in [0.5, 0.6) is 0 Å². The summed E-state index contributed by atoms with van der Waals surface area (Å²) in [6.45, 7) is 0.826. The Morgan fingerprint density at radius 1 is 1.45 bits per heavy atom. The molecule has 1 heterocycles. The third kappa shape index (κ3) is 3.15. The summed E-state index contributed by atoms with van der Waals surface area (Å²) in [5.41, 5.74) is -0.847. The van der Waals surface area contributed by atoms with E-state index in [1.54, 1.807) is 0 Å². The molecule has 0 spiro atoms. The lowest BCUT2D eigenvalue weighted by atomic mass is 10.1. The molecule has 1 atom stereocenters. The van der Waals surface area contributed by atoms with E-state index >= 15 is 0 Å². The molecule has 1 amide bonds. The maximum atomic E-state index is 12.8. The summed E-state index contributed by atoms with van der Waals surface area (Å²) in [5.74, 6) is -0.421. The number of likely N-dealkylation sites (tertiary alicyclic amines) is 1. The monoisotopic (exact) mass is 351 g/mol. The van der Waals surface area contributed by atoms with E-state index < -0.39 is 17.6 Å². The second-order valence-electron chi connectivity index (χ2n) is 4.78. The molecule has 1 fully saturated rings. The van der Waals surface area contributed by atoms with Crippen molar-refractivity contribution in [3.05, 3.63) is 33.8 Å². The molecule has 7 heteroatoms. The predicted octanol–water partition coefficient (Wildman–Crippen LogP) is 2.92. The number of alkyl halides is 3. The quantitative estimate of drug-likeness (QED) is 0.889. The SMILES string of the molecule is O=C(c1ccc(Br)c(C(F)(F)F)c1)N1CCC(CO)C1. The summed E-state index contributed by atoms with van der Waals surface area (Å²) in [7, 11) is 0. The third-order valence-electron chi connectivity index (χ3n) is 3.35. The number of nitrogens with zero attached hydrogens (tertiary/aromatic N) is 1. The zero-order valence-electron chi connectivity index (χ0n) is 10.5. The first-order valence-corrected chi connectivity index (χ1v) is 6.89. The van der Waals surface area contributed by atoms with Crippen LogP contribution in [0.4, 0.5) is 13.2 Å². The van der Waals surface area contributed by atoms with E-state index in [4.69, 9.17) is 5.11 Å². The zero-order chi connectivity index (χ0) is 14.9. The van der Waals surface area contributed by atoms with Crippen molar-refractivity contribution in [2.24, 2.45) is 5.92 Å². The van der Waals surface area contributed by atoms with Gasteiger partial charge in [-0.1, -0.05) is 15.9 Å². The molecular weight excluding hydrogens is 339 g/mol. The van der Waals surface area contributed by atoms with Crippen molar-refractivity contribution >= 4 is 21.8 Å². The van der Waals surface area contributed by atoms with Gasteiger partial charge in [-0.05, 0) is 24.6 Å². The van der Waals surface area contributed by atoms with Crippen molar-refractivity contribution in [1.29, 1.82) is 0 Å². The highest BCUT2D eigenvalue weighted by Crippen LogP contribution is 2.35. The summed E-state index contributed by atoms with van der Waals surface area (Å²) >= 11 is 2.84. The van der Waals surface area contributed by atoms with Crippen LogP contribution in [0, 0.1) is 5.92 Å². The molecule has 0 radical (unpaired) electrons. The summed E-state index contributed by atoms with van der Waals surface area (Å²) < 4.78 is 38.3. The molecule has 1 unspecified atom stereocenters. The number of benzene rings is 1. The normalized spacial score (nSPS) is 19.4. The number of halogens is 4. The standard InChI is InChI=1S/C13H13BrF3NO2/c14-11-2-1-9(5-10(11)13(15,16)17)12(20)18-4-3-8(6-18)7-19/h1-2,5,8,19H,3-4,6-7H2. The number of carbonyl (C=O) groups excluding carboxylic acids is 1. The second-order valence-corrected chi connectivity index (χ2v) is 5.64. The van der Waals surface area contributed by atoms with Crippen molar-refractivity contribution < 1.29 is 23.1 Å². The Morgan fingerprint density at radius 2 is 2.15 bits per heavy atom. The van der Waals surface area contributed by atoms with Gasteiger partial charge in [0.25, 0.3) is 5.91 Å². The average molecular weight is 352 g/mol. The first-order valence-electron chi connectivity index (χ1n) is 6.10. The number of rotatable bonds is 2. The Kier molecular flexibility index (Phi) is 4.39. The van der Waals surface area contributed by atoms with E-state index in [0.29, 0.717) is 19.5 Å². The van der Waals surface area contributed by atoms with Gasteiger partial charge in [-0.3, -0.25) is 4.79 Å². The van der Waals surface area contributed by atoms with E-state index in [2.05, 4.69) is 15.9 Å². The Labute approximate surface area is 122 Å². The van der Waals surface area contributed by atoms with Crippen LogP contribution in [0.1, 0.15) is 22.3 Å². The molecule has 0 aliphatic carbocycles. The van der Waals surface area contributed by atoms with Crippen LogP contribution in [0.2, 0.25) is 0 Å². The third-order valence-corrected chi connectivity index (χ3v) is 4.04. The van der Waals surface area contributed by atoms with Gasteiger partial charge in [0.15, 0.2) is 0 Å². The van der Waals surface area contributed by atoms with Gasteiger partial charge in [0.05, 0.1) is 5.56 Å². The molecule has 1 aliphatic rings. The summed E-state index contributed by atoms with van der Waals surface area (Å²) in [6.07, 6.45) is -3.83. The highest BCUT2D eigenvalue weighted by Gasteiger charge is 2.34. The van der Waals surface area contributed by atoms with Crippen molar-refractivity contribution in [2.75, 3.05) is 19.7 Å². The predicted molar refractivity (Wildman–Crippen MR) is 70.2 cm³/mol. The van der Waals surface area contributed by atoms with Gasteiger partial charge in [-0.15, -0.1) is 0 Å². The number of hydrogen-bond acceptors (Lipinski definition) is 2. The topological polar surface area (TPSA) is 40.5 Å². The second kappa shape index (κ2) is 5.73. The van der Waals surface area contributed by atoms with Crippen molar-refractivity contribution in [3.63, 3.8) is 0 Å². The molecule has 110 valence electrons. The largest absolute Gasteiger partial charge is 0.417 e. The average Bonchev–Trinajstić information content (AvgIpc) is 2.86. The molecule has 1 saturated heterocycles. The maximum Gasteiger partial charge on any atom is 0.417 e. The fourth-order valence-electron chi connectivity index (χ4n) is 2.22. The highest BCUT2D eigenvalue weighted by atomic mass is 79.9. The smallest absolute Gasteiger partial charge is 0.396 e. The van der Waals surface area contributed by atoms with E-state index in [-0.39, 0.29) is 22.6 Å². The maximum absolute atomic E-state index is 12.8. The van der Waals surface area contributed by atoms with Crippen molar-refractivity contribution in [1.82, 2.24) is 4.90 Å². The number of amides is 1. The fourth-order valence-corrected chi connectivity index (χ4v) is 2.70. The molecular formula is C13H13BrF3NO2. The molecule has 0 saturated carbocycles. The molecule has 1 N–H and O–H groups in total. The van der Waals surface area contributed by atoms with Crippen LogP contribution in [0.15, 0.2) is 22.7 Å². The fraction of sp³-hybridized carbons (Fsp3) is 0.462. The molecule has 0 bridgehead atoms. The van der Waals surface area contributed by atoms with Crippen LogP contribution in [0.3, 0.4) is 0 Å². The number of aliphatic hydroxyl groups excluding tert-OH is 1. The van der Waals surface area contributed by atoms with Crippen molar-refractivity contribution in [2.45, 2.75) is 12.6 Å². The van der Waals surface area contributed by atoms with Gasteiger partial charge in [0.1, 0.15) is 0 Å². The van der Waals surface area contributed by atoms with Crippen molar-refractivity contribution in [3.8, 4) is 0 Å². The van der Waals surface area contributed by atoms with E-state index in [9.17, 15) is 18.0 Å². The molecule has 1 aromatic carbocycles. The summed E-state index contributed by atoms with van der Waals surface area (Å²) in [5, 5.41) is 9.03. The van der Waals surface area contributed by atoms with Gasteiger partial charge in [-0.2, -0.15) is 13.2 Å². The molecule has 20 heavy (non-hydrogen) atoms. The zero-order valence-corrected chi connectivity index (χ0v) is 12.0. The summed E-state index contributed by atoms with van der Waals surface area (Å²) in [6, 6.07) is 3.46. The molecule has 3 nitrogen and oxygen atoms in total. The Morgan fingerprint density at radius 3 is 2.70 bits per heavy atom. The lowest BCUT2D eigenvalue weighted by molar-refractivity contribution is -0.138. The minimum atomic E-state index is -4.51. The Hall–Kier alpha value is -1.08. The van der Waals surface area contributed by atoms with Crippen LogP contribution in [-0.2, 0) is 6.18 Å². The molecule has 2 rings (SSSR count). The van der Waals surface area contributed by atoms with Gasteiger partial charge in [0, 0.05) is 35.7 Å². The lowest BCUT2D eigenvalue weighted by Crippen LogP contribution is -2.29. The summed E-state index contributed by atoms with van der Waals surface area (Å²) in [4.78, 5) is 13.6. The molecule has 1 aliphatic heterocycles. The van der Waals surface area contributed by atoms with Gasteiger partial charge in [0.2, 0.25) is 0 Å². The van der Waals surface area contributed by atoms with Crippen LogP contribution < -0.4 is 0 Å². The highest BCUT2D eigenvalue weighted by molar-refractivity contribution is 9.10. The van der Waals surface area contributed by atoms with Gasteiger partial charge < -0.3 is 10.0 Å². The van der Waals surface area contributed by atoms with E-state index in [1.807, 2.05) is 0 Å². The van der Waals surface area contributed by atoms with E-state index in [1.165, 1.54) is 17.0 Å².